The molecule has 3 aliphatic rings. The van der Waals surface area contributed by atoms with E-state index in [2.05, 4.69) is 55.5 Å². The normalized spacial score (nSPS) is 19.8. The Bertz CT molecular complexity index is 713. The zero-order valence-electron chi connectivity index (χ0n) is 16.5. The Morgan fingerprint density at radius 1 is 0.926 bits per heavy atom. The number of benzene rings is 1. The van der Waals surface area contributed by atoms with Gasteiger partial charge in [-0.25, -0.2) is 0 Å². The standard InChI is InChI=1S/C13H21.C9H7.C2H4.2ClH.Ti/c1-2-3-4-5-6-7-10-13-11-8-9-12-13;1-2-5-9-7-3-6-8(9)4-1;1-2;;;/h8,11H,2-7,9-10H2,1H3;1-7H;1-2H2;2*1H;/q;;;;;+2/p-2. The van der Waals surface area contributed by atoms with Crippen molar-refractivity contribution in [2.24, 2.45) is 0 Å². The minimum absolute atomic E-state index is 0. The molecule has 4 rings (SSSR count). The van der Waals surface area contributed by atoms with Crippen molar-refractivity contribution < 1.29 is 41.4 Å². The number of fused-ring (bicyclic) bond motifs is 1. The first-order chi connectivity index (χ1) is 12.3. The molecule has 0 radical (unpaired) electrons. The number of allylic oxidation sites excluding steroid dienone is 5. The number of hydrogen-bond donors (Lipinski definition) is 0. The SMILES string of the molecule is CCCCCCCCC1=[C]([Ti+2]2([CH]3C=Cc4ccccc43)[CH2][CH2]2)CC=C1.[Cl-].[Cl-]. The molecule has 1 aliphatic heterocycles. The quantitative estimate of drug-likeness (QED) is 0.406. The zero-order valence-corrected chi connectivity index (χ0v) is 19.6. The summed E-state index contributed by atoms with van der Waals surface area (Å²) in [5, 5.41) is 0. The van der Waals surface area contributed by atoms with Crippen LogP contribution >= 0.6 is 0 Å². The molecule has 0 saturated carbocycles. The summed E-state index contributed by atoms with van der Waals surface area (Å²) in [6.45, 7) is 2.30. The molecule has 27 heavy (non-hydrogen) atoms. The number of halogens is 2. The van der Waals surface area contributed by atoms with Crippen molar-refractivity contribution in [2.45, 2.75) is 72.0 Å². The Hall–Kier alpha value is -0.266. The zero-order chi connectivity index (χ0) is 17.1. The van der Waals surface area contributed by atoms with Gasteiger partial charge < -0.3 is 24.8 Å². The van der Waals surface area contributed by atoms with Gasteiger partial charge in [-0.15, -0.1) is 0 Å². The fraction of sp³-hybridized carbons (Fsp3) is 0.500. The maximum atomic E-state index is 2.57. The van der Waals surface area contributed by atoms with Gasteiger partial charge in [0, 0.05) is 0 Å². The van der Waals surface area contributed by atoms with Gasteiger partial charge in [0.2, 0.25) is 0 Å². The largest absolute Gasteiger partial charge is 1.00 e. The van der Waals surface area contributed by atoms with E-state index >= 15 is 0 Å². The van der Waals surface area contributed by atoms with Crippen LogP contribution in [0.2, 0.25) is 9.45 Å². The summed E-state index contributed by atoms with van der Waals surface area (Å²) in [6, 6.07) is 9.15. The van der Waals surface area contributed by atoms with Crippen LogP contribution in [-0.4, -0.2) is 0 Å². The fourth-order valence-electron chi connectivity index (χ4n) is 5.07. The second-order valence-electron chi connectivity index (χ2n) is 8.25. The topological polar surface area (TPSA) is 0 Å². The third kappa shape index (κ3) is 4.84. The minimum Gasteiger partial charge on any atom is -1.00 e. The van der Waals surface area contributed by atoms with Gasteiger partial charge in [0.1, 0.15) is 0 Å². The van der Waals surface area contributed by atoms with Gasteiger partial charge in [-0.3, -0.25) is 0 Å². The van der Waals surface area contributed by atoms with E-state index in [-0.39, 0.29) is 24.8 Å². The van der Waals surface area contributed by atoms with Crippen molar-refractivity contribution in [3.8, 4) is 0 Å². The summed E-state index contributed by atoms with van der Waals surface area (Å²) in [6.07, 6.45) is 21.1. The molecule has 0 spiro atoms. The average Bonchev–Trinajstić information content (AvgIpc) is 3.10. The molecule has 1 saturated heterocycles. The molecule has 0 amide bonds. The average molecular weight is 439 g/mol. The molecular weight excluding hydrogens is 407 g/mol. The number of hydrogen-bond acceptors (Lipinski definition) is 0. The molecule has 0 bridgehead atoms. The van der Waals surface area contributed by atoms with Crippen LogP contribution in [0, 0.1) is 0 Å². The number of unbranched alkanes of at least 4 members (excludes halogenated alkanes) is 5. The van der Waals surface area contributed by atoms with Crippen LogP contribution in [-0.2, 0) is 16.6 Å². The van der Waals surface area contributed by atoms with E-state index in [0.717, 1.165) is 4.22 Å². The molecule has 1 atom stereocenters. The Balaban J connectivity index is 0.00000131. The predicted molar refractivity (Wildman–Crippen MR) is 107 cm³/mol. The van der Waals surface area contributed by atoms with Crippen LogP contribution in [0.1, 0.15) is 73.6 Å². The van der Waals surface area contributed by atoms with Crippen molar-refractivity contribution in [1.29, 1.82) is 0 Å². The summed E-state index contributed by atoms with van der Waals surface area (Å²) >= 11 is -1.85. The second kappa shape index (κ2) is 10.5. The van der Waals surface area contributed by atoms with E-state index in [9.17, 15) is 0 Å². The van der Waals surface area contributed by atoms with Crippen LogP contribution in [0.5, 0.6) is 0 Å². The van der Waals surface area contributed by atoms with Crippen molar-refractivity contribution in [3.63, 3.8) is 0 Å². The third-order valence-corrected chi connectivity index (χ3v) is 14.4. The van der Waals surface area contributed by atoms with E-state index in [1.807, 2.05) is 3.88 Å². The second-order valence-corrected chi connectivity index (χ2v) is 15.3. The van der Waals surface area contributed by atoms with Gasteiger partial charge in [0.05, 0.1) is 0 Å². The molecule has 2 aliphatic carbocycles. The molecule has 0 aromatic heterocycles. The summed E-state index contributed by atoms with van der Waals surface area (Å²) in [7, 11) is 0. The molecule has 0 N–H and O–H groups in total. The van der Waals surface area contributed by atoms with Crippen molar-refractivity contribution in [2.75, 3.05) is 0 Å². The Labute approximate surface area is 181 Å². The Morgan fingerprint density at radius 3 is 2.44 bits per heavy atom. The van der Waals surface area contributed by atoms with E-state index in [1.165, 1.54) is 56.9 Å². The van der Waals surface area contributed by atoms with Crippen LogP contribution < -0.4 is 24.8 Å². The summed E-state index contributed by atoms with van der Waals surface area (Å²) in [5.74, 6) is 0. The minimum atomic E-state index is -1.85. The first kappa shape index (κ1) is 23.0. The molecule has 1 heterocycles. The van der Waals surface area contributed by atoms with Crippen LogP contribution in [0.3, 0.4) is 0 Å². The molecule has 0 nitrogen and oxygen atoms in total. The molecule has 1 aromatic carbocycles. The van der Waals surface area contributed by atoms with Gasteiger partial charge >= 0.3 is 158 Å². The van der Waals surface area contributed by atoms with Gasteiger partial charge in [0.25, 0.3) is 0 Å². The monoisotopic (exact) mass is 438 g/mol. The van der Waals surface area contributed by atoms with Crippen molar-refractivity contribution in [1.82, 2.24) is 0 Å². The maximum absolute atomic E-state index is 2.57. The van der Waals surface area contributed by atoms with Crippen LogP contribution in [0.4, 0.5) is 0 Å². The van der Waals surface area contributed by atoms with Crippen molar-refractivity contribution >= 4 is 6.08 Å². The van der Waals surface area contributed by atoms with Crippen LogP contribution in [0.25, 0.3) is 6.08 Å². The fourth-order valence-corrected chi connectivity index (χ4v) is 13.9. The van der Waals surface area contributed by atoms with E-state index in [0.29, 0.717) is 0 Å². The van der Waals surface area contributed by atoms with Gasteiger partial charge in [-0.1, -0.05) is 0 Å². The molecule has 1 fully saturated rings. The predicted octanol–water partition coefficient (Wildman–Crippen LogP) is 1.73. The molecular formula is C24H32Cl2Ti. The summed E-state index contributed by atoms with van der Waals surface area (Å²) in [4.78, 5) is 0. The Kier molecular flexibility index (Phi) is 8.95. The first-order valence-corrected chi connectivity index (χ1v) is 14.4. The maximum Gasteiger partial charge on any atom is -1.00 e. The number of rotatable bonds is 9. The van der Waals surface area contributed by atoms with Gasteiger partial charge in [-0.2, -0.15) is 0 Å². The van der Waals surface area contributed by atoms with Gasteiger partial charge in [-0.05, 0) is 0 Å². The van der Waals surface area contributed by atoms with Crippen molar-refractivity contribution in [3.05, 3.63) is 63.1 Å². The third-order valence-electron chi connectivity index (χ3n) is 6.61. The summed E-state index contributed by atoms with van der Waals surface area (Å²) in [5.41, 5.74) is 4.91. The molecule has 1 unspecified atom stereocenters. The Morgan fingerprint density at radius 2 is 1.67 bits per heavy atom. The van der Waals surface area contributed by atoms with E-state index in [4.69, 9.17) is 0 Å². The molecule has 3 heteroatoms. The first-order valence-electron chi connectivity index (χ1n) is 10.5. The van der Waals surface area contributed by atoms with E-state index in [1.54, 1.807) is 20.6 Å². The molecule has 1 aromatic rings. The van der Waals surface area contributed by atoms with Gasteiger partial charge in [0.15, 0.2) is 0 Å². The smallest absolute Gasteiger partial charge is 1.00 e. The van der Waals surface area contributed by atoms with E-state index < -0.39 is 16.6 Å². The molecule has 146 valence electrons. The van der Waals surface area contributed by atoms with Crippen LogP contribution in [0.15, 0.2) is 51.9 Å². The summed E-state index contributed by atoms with van der Waals surface area (Å²) < 4.78 is 5.92.